The Hall–Kier alpha value is -3.25. The summed E-state index contributed by atoms with van der Waals surface area (Å²) < 4.78 is 35.8. The topological polar surface area (TPSA) is 112 Å². The van der Waals surface area contributed by atoms with Gasteiger partial charge in [0.2, 0.25) is 0 Å². The van der Waals surface area contributed by atoms with Crippen molar-refractivity contribution in [3.05, 3.63) is 78.5 Å². The summed E-state index contributed by atoms with van der Waals surface area (Å²) >= 11 is 3.38. The maximum absolute atomic E-state index is 12.6. The smallest absolute Gasteiger partial charge is 0.262 e. The van der Waals surface area contributed by atoms with Crippen LogP contribution in [0.25, 0.3) is 11.0 Å². The van der Waals surface area contributed by atoms with Gasteiger partial charge in [0.1, 0.15) is 17.2 Å². The van der Waals surface area contributed by atoms with Gasteiger partial charge in [-0.15, -0.1) is 0 Å². The van der Waals surface area contributed by atoms with Crippen molar-refractivity contribution in [2.75, 3.05) is 19.5 Å². The lowest BCUT2D eigenvalue weighted by Crippen LogP contribution is -2.25. The molecule has 34 heavy (non-hydrogen) atoms. The van der Waals surface area contributed by atoms with Crippen LogP contribution in [0.4, 0.5) is 11.5 Å². The van der Waals surface area contributed by atoms with E-state index in [2.05, 4.69) is 36.1 Å². The third-order valence-electron chi connectivity index (χ3n) is 4.74. The number of anilines is 2. The Kier molecular flexibility index (Phi) is 7.27. The number of aromatic nitrogens is 2. The number of nitrogens with one attached hydrogen (secondary N) is 2. The Balaban J connectivity index is 1.67. The summed E-state index contributed by atoms with van der Waals surface area (Å²) in [6, 6.07) is 20.5. The maximum atomic E-state index is 12.6. The van der Waals surface area contributed by atoms with E-state index in [-0.39, 0.29) is 4.90 Å². The van der Waals surface area contributed by atoms with Gasteiger partial charge in [-0.05, 0) is 40.2 Å². The molecule has 3 aromatic carbocycles. The minimum Gasteiger partial charge on any atom is -0.497 e. The van der Waals surface area contributed by atoms with Gasteiger partial charge in [-0.1, -0.05) is 35.2 Å². The van der Waals surface area contributed by atoms with Gasteiger partial charge in [-0.25, -0.2) is 18.4 Å². The SMILES string of the molecule is COc1cc(Nc2nc3ccccc3nc2C(Br)ONS(=O)(=O)c2ccccc2)cc(OC)c1. The highest BCUT2D eigenvalue weighted by Gasteiger charge is 2.22. The first-order valence-corrected chi connectivity index (χ1v) is 12.4. The van der Waals surface area contributed by atoms with Crippen LogP contribution >= 0.6 is 15.9 Å². The van der Waals surface area contributed by atoms with Crippen LogP contribution < -0.4 is 19.7 Å². The summed E-state index contributed by atoms with van der Waals surface area (Å²) in [4.78, 5) is 17.0. The molecule has 0 amide bonds. The molecule has 0 saturated carbocycles. The standard InChI is InChI=1S/C23H21BrN4O5S/c1-31-16-12-15(13-17(14-16)32-2)25-23-21(26-19-10-6-7-11-20(19)27-23)22(24)33-28-34(29,30)18-8-4-3-5-9-18/h3-14,22,28H,1-2H3,(H,25,27). The molecule has 4 aromatic rings. The highest BCUT2D eigenvalue weighted by molar-refractivity contribution is 9.09. The average Bonchev–Trinajstić information content (AvgIpc) is 2.87. The van der Waals surface area contributed by atoms with Crippen molar-refractivity contribution in [2.45, 2.75) is 9.91 Å². The van der Waals surface area contributed by atoms with Crippen LogP contribution in [0.3, 0.4) is 0 Å². The largest absolute Gasteiger partial charge is 0.497 e. The van der Waals surface area contributed by atoms with E-state index in [1.165, 1.54) is 12.1 Å². The monoisotopic (exact) mass is 544 g/mol. The molecule has 11 heteroatoms. The number of hydrogen-bond acceptors (Lipinski definition) is 8. The van der Waals surface area contributed by atoms with Gasteiger partial charge >= 0.3 is 0 Å². The summed E-state index contributed by atoms with van der Waals surface area (Å²) in [5, 5.41) is 2.24. The van der Waals surface area contributed by atoms with Crippen LogP contribution in [0.5, 0.6) is 11.5 Å². The number of rotatable bonds is 9. The molecule has 0 bridgehead atoms. The van der Waals surface area contributed by atoms with Crippen molar-refractivity contribution in [2.24, 2.45) is 0 Å². The van der Waals surface area contributed by atoms with Crippen molar-refractivity contribution < 1.29 is 22.7 Å². The van der Waals surface area contributed by atoms with E-state index in [0.29, 0.717) is 39.7 Å². The van der Waals surface area contributed by atoms with E-state index >= 15 is 0 Å². The molecular formula is C23H21BrN4O5S. The summed E-state index contributed by atoms with van der Waals surface area (Å²) in [5.74, 6) is 1.52. The molecule has 9 nitrogen and oxygen atoms in total. The van der Waals surface area contributed by atoms with E-state index in [1.807, 2.05) is 18.2 Å². The number of para-hydroxylation sites is 2. The van der Waals surface area contributed by atoms with Gasteiger partial charge in [0, 0.05) is 23.9 Å². The van der Waals surface area contributed by atoms with Gasteiger partial charge in [-0.3, -0.25) is 4.84 Å². The molecule has 1 aromatic heterocycles. The zero-order valence-corrected chi connectivity index (χ0v) is 20.6. The quantitative estimate of drug-likeness (QED) is 0.230. The lowest BCUT2D eigenvalue weighted by Gasteiger charge is -2.17. The highest BCUT2D eigenvalue weighted by Crippen LogP contribution is 2.33. The fourth-order valence-corrected chi connectivity index (χ4v) is 4.46. The number of fused-ring (bicyclic) bond motifs is 1. The second-order valence-electron chi connectivity index (χ2n) is 7.01. The second-order valence-corrected chi connectivity index (χ2v) is 9.48. The average molecular weight is 545 g/mol. The molecule has 176 valence electrons. The number of methoxy groups -OCH3 is 2. The molecule has 0 aliphatic heterocycles. The lowest BCUT2D eigenvalue weighted by atomic mass is 10.2. The molecule has 0 spiro atoms. The number of hydrogen-bond donors (Lipinski definition) is 2. The van der Waals surface area contributed by atoms with Gasteiger partial charge in [0.05, 0.1) is 30.1 Å². The first-order chi connectivity index (χ1) is 16.4. The van der Waals surface area contributed by atoms with Crippen LogP contribution in [-0.2, 0) is 14.9 Å². The van der Waals surface area contributed by atoms with E-state index in [9.17, 15) is 8.42 Å². The van der Waals surface area contributed by atoms with Crippen LogP contribution in [0.15, 0.2) is 77.7 Å². The molecular weight excluding hydrogens is 524 g/mol. The zero-order chi connectivity index (χ0) is 24.1. The van der Waals surface area contributed by atoms with Gasteiger partial charge < -0.3 is 14.8 Å². The van der Waals surface area contributed by atoms with Crippen LogP contribution in [0.2, 0.25) is 0 Å². The van der Waals surface area contributed by atoms with Gasteiger partial charge in [-0.2, -0.15) is 0 Å². The number of halogens is 1. The van der Waals surface area contributed by atoms with Crippen LogP contribution in [0, 0.1) is 0 Å². The first-order valence-electron chi connectivity index (χ1n) is 10.0. The number of sulfonamides is 1. The van der Waals surface area contributed by atoms with E-state index in [0.717, 1.165) is 0 Å². The second kappa shape index (κ2) is 10.3. The Morgan fingerprint density at radius 2 is 1.44 bits per heavy atom. The molecule has 1 unspecified atom stereocenters. The van der Waals surface area contributed by atoms with Crippen molar-refractivity contribution in [3.8, 4) is 11.5 Å². The van der Waals surface area contributed by atoms with E-state index in [4.69, 9.17) is 14.3 Å². The molecule has 2 N–H and O–H groups in total. The Labute approximate surface area is 205 Å². The predicted molar refractivity (Wildman–Crippen MR) is 132 cm³/mol. The minimum absolute atomic E-state index is 0.0705. The first kappa shape index (κ1) is 23.9. The molecule has 0 fully saturated rings. The summed E-state index contributed by atoms with van der Waals surface area (Å²) in [6.45, 7) is 0. The van der Waals surface area contributed by atoms with Crippen molar-refractivity contribution in [3.63, 3.8) is 0 Å². The lowest BCUT2D eigenvalue weighted by molar-refractivity contribution is 0.0748. The predicted octanol–water partition coefficient (Wildman–Crippen LogP) is 4.69. The summed E-state index contributed by atoms with van der Waals surface area (Å²) in [5.41, 5.74) is 2.22. The summed E-state index contributed by atoms with van der Waals surface area (Å²) in [7, 11) is -0.786. The van der Waals surface area contributed by atoms with Crippen molar-refractivity contribution in [1.82, 2.24) is 14.9 Å². The Morgan fingerprint density at radius 3 is 2.06 bits per heavy atom. The fourth-order valence-electron chi connectivity index (χ4n) is 3.09. The number of alkyl halides is 1. The molecule has 0 radical (unpaired) electrons. The minimum atomic E-state index is -3.90. The van der Waals surface area contributed by atoms with Crippen molar-refractivity contribution in [1.29, 1.82) is 0 Å². The molecule has 0 aliphatic carbocycles. The Morgan fingerprint density at radius 1 is 0.853 bits per heavy atom. The molecule has 0 saturated heterocycles. The van der Waals surface area contributed by atoms with Crippen LogP contribution in [-0.4, -0.2) is 32.6 Å². The number of benzene rings is 3. The molecule has 1 heterocycles. The van der Waals surface area contributed by atoms with E-state index in [1.54, 1.807) is 56.7 Å². The summed E-state index contributed by atoms with van der Waals surface area (Å²) in [6.07, 6.45) is 0. The maximum Gasteiger partial charge on any atom is 0.262 e. The fraction of sp³-hybridized carbons (Fsp3) is 0.130. The number of ether oxygens (including phenoxy) is 2. The van der Waals surface area contributed by atoms with Crippen molar-refractivity contribution >= 4 is 48.5 Å². The van der Waals surface area contributed by atoms with Crippen LogP contribution in [0.1, 0.15) is 10.7 Å². The highest BCUT2D eigenvalue weighted by atomic mass is 79.9. The molecule has 1 atom stereocenters. The van der Waals surface area contributed by atoms with E-state index < -0.39 is 15.0 Å². The Bertz CT molecular complexity index is 1380. The van der Waals surface area contributed by atoms with Gasteiger partial charge in [0.25, 0.3) is 10.0 Å². The number of nitrogens with zero attached hydrogens (tertiary/aromatic N) is 2. The van der Waals surface area contributed by atoms with Gasteiger partial charge in [0.15, 0.2) is 10.8 Å². The molecule has 0 aliphatic rings. The molecule has 4 rings (SSSR count). The third-order valence-corrected chi connectivity index (χ3v) is 6.57. The third kappa shape index (κ3) is 5.45. The zero-order valence-electron chi connectivity index (χ0n) is 18.2. The normalized spacial score (nSPS) is 12.3.